The van der Waals surface area contributed by atoms with Gasteiger partial charge in [0.15, 0.2) is 0 Å². The summed E-state index contributed by atoms with van der Waals surface area (Å²) in [4.78, 5) is 0.175. The van der Waals surface area contributed by atoms with Crippen molar-refractivity contribution in [3.8, 4) is 11.5 Å². The second kappa shape index (κ2) is 6.30. The van der Waals surface area contributed by atoms with Gasteiger partial charge in [-0.2, -0.15) is 0 Å². The first kappa shape index (κ1) is 16.5. The van der Waals surface area contributed by atoms with E-state index in [1.54, 1.807) is 6.07 Å². The van der Waals surface area contributed by atoms with Gasteiger partial charge in [-0.25, -0.2) is 13.1 Å². The Morgan fingerprint density at radius 3 is 2.30 bits per heavy atom. The summed E-state index contributed by atoms with van der Waals surface area (Å²) in [5.41, 5.74) is -0.0734. The van der Waals surface area contributed by atoms with Crippen LogP contribution in [0, 0.1) is 0 Å². The van der Waals surface area contributed by atoms with E-state index in [1.165, 1.54) is 26.4 Å². The Hall–Kier alpha value is -1.31. The fraction of sp³-hybridized carbons (Fsp3) is 0.625. The molecule has 1 atom stereocenters. The Balaban J connectivity index is 1.87. The molecule has 1 aromatic carbocycles. The third kappa shape index (κ3) is 3.18. The maximum Gasteiger partial charge on any atom is 0.241 e. The summed E-state index contributed by atoms with van der Waals surface area (Å²) in [6.07, 6.45) is 5.18. The van der Waals surface area contributed by atoms with E-state index < -0.39 is 10.0 Å². The number of hydrogen-bond acceptors (Lipinski definition) is 5. The molecule has 0 aromatic heterocycles. The molecule has 2 N–H and O–H groups in total. The predicted molar refractivity (Wildman–Crippen MR) is 87.5 cm³/mol. The molecule has 1 saturated carbocycles. The summed E-state index contributed by atoms with van der Waals surface area (Å²) in [7, 11) is -0.608. The van der Waals surface area contributed by atoms with Crippen molar-refractivity contribution in [2.75, 3.05) is 20.8 Å². The zero-order valence-electron chi connectivity index (χ0n) is 13.6. The van der Waals surface area contributed by atoms with Crippen molar-refractivity contribution in [1.82, 2.24) is 10.0 Å². The first-order valence-corrected chi connectivity index (χ1v) is 9.48. The number of rotatable bonds is 5. The third-order valence-electron chi connectivity index (χ3n) is 5.01. The van der Waals surface area contributed by atoms with Gasteiger partial charge in [0.2, 0.25) is 10.0 Å². The van der Waals surface area contributed by atoms with Crippen molar-refractivity contribution >= 4 is 10.0 Å². The summed E-state index contributed by atoms with van der Waals surface area (Å²) in [6, 6.07) is 4.64. The van der Waals surface area contributed by atoms with Crippen LogP contribution in [0.1, 0.15) is 32.1 Å². The fourth-order valence-corrected chi connectivity index (χ4v) is 5.16. The molecule has 0 radical (unpaired) electrons. The molecule has 0 bridgehead atoms. The monoisotopic (exact) mass is 340 g/mol. The third-order valence-corrected chi connectivity index (χ3v) is 6.46. The normalized spacial score (nSPS) is 23.3. The van der Waals surface area contributed by atoms with E-state index in [1.807, 2.05) is 0 Å². The van der Waals surface area contributed by atoms with E-state index in [2.05, 4.69) is 10.0 Å². The highest BCUT2D eigenvalue weighted by Gasteiger charge is 2.46. The number of nitrogens with one attached hydrogen (secondary N) is 2. The van der Waals surface area contributed by atoms with Crippen LogP contribution in [0.5, 0.6) is 11.5 Å². The standard InChI is InChI=1S/C16H24N2O4S/c1-21-12-9-13(22-2)11-14(10-12)23(19,20)18-15-5-8-17-16(15)6-3-4-7-16/h9-11,15,17-18H,3-8H2,1-2H3. The largest absolute Gasteiger partial charge is 0.497 e. The minimum atomic E-state index is -3.62. The molecule has 1 aliphatic carbocycles. The number of sulfonamides is 1. The second-order valence-corrected chi connectivity index (χ2v) is 8.01. The van der Waals surface area contributed by atoms with Crippen LogP contribution in [0.2, 0.25) is 0 Å². The lowest BCUT2D eigenvalue weighted by molar-refractivity contribution is 0.329. The zero-order valence-corrected chi connectivity index (χ0v) is 14.4. The number of methoxy groups -OCH3 is 2. The maximum atomic E-state index is 12.8. The van der Waals surface area contributed by atoms with Crippen LogP contribution in [0.3, 0.4) is 0 Å². The molecule has 2 aliphatic rings. The Bertz CT molecular complexity index is 641. The molecule has 1 aliphatic heterocycles. The highest BCUT2D eigenvalue weighted by Crippen LogP contribution is 2.37. The van der Waals surface area contributed by atoms with Gasteiger partial charge < -0.3 is 14.8 Å². The summed E-state index contributed by atoms with van der Waals surface area (Å²) in [6.45, 7) is 0.856. The van der Waals surface area contributed by atoms with Gasteiger partial charge in [-0.05, 0) is 25.8 Å². The Labute approximate surface area is 137 Å². The van der Waals surface area contributed by atoms with Gasteiger partial charge in [-0.15, -0.1) is 0 Å². The van der Waals surface area contributed by atoms with E-state index in [-0.39, 0.29) is 16.5 Å². The average molecular weight is 340 g/mol. The van der Waals surface area contributed by atoms with Gasteiger partial charge in [0.1, 0.15) is 11.5 Å². The summed E-state index contributed by atoms with van der Waals surface area (Å²) >= 11 is 0. The van der Waals surface area contributed by atoms with Crippen LogP contribution in [0.4, 0.5) is 0 Å². The average Bonchev–Trinajstić information content (AvgIpc) is 3.17. The first-order valence-electron chi connectivity index (χ1n) is 7.99. The fourth-order valence-electron chi connectivity index (χ4n) is 3.76. The van der Waals surface area contributed by atoms with E-state index in [0.717, 1.165) is 38.6 Å². The molecule has 1 aromatic rings. The molecule has 23 heavy (non-hydrogen) atoms. The Kier molecular flexibility index (Phi) is 4.53. The second-order valence-electron chi connectivity index (χ2n) is 6.30. The number of ether oxygens (including phenoxy) is 2. The molecule has 7 heteroatoms. The number of benzene rings is 1. The molecule has 1 heterocycles. The maximum absolute atomic E-state index is 12.8. The Morgan fingerprint density at radius 1 is 1.13 bits per heavy atom. The van der Waals surface area contributed by atoms with Gasteiger partial charge in [0.25, 0.3) is 0 Å². The van der Waals surface area contributed by atoms with Gasteiger partial charge in [0.05, 0.1) is 19.1 Å². The van der Waals surface area contributed by atoms with Crippen LogP contribution in [-0.2, 0) is 10.0 Å². The summed E-state index contributed by atoms with van der Waals surface area (Å²) in [5.74, 6) is 0.926. The van der Waals surface area contributed by atoms with Crippen molar-refractivity contribution in [2.24, 2.45) is 0 Å². The van der Waals surface area contributed by atoms with E-state index in [0.29, 0.717) is 11.5 Å². The lowest BCUT2D eigenvalue weighted by Gasteiger charge is -2.31. The van der Waals surface area contributed by atoms with Gasteiger partial charge in [-0.3, -0.25) is 0 Å². The topological polar surface area (TPSA) is 76.7 Å². The van der Waals surface area contributed by atoms with Crippen LogP contribution in [-0.4, -0.2) is 40.8 Å². The number of hydrogen-bond donors (Lipinski definition) is 2. The van der Waals surface area contributed by atoms with Crippen LogP contribution < -0.4 is 19.5 Å². The minimum Gasteiger partial charge on any atom is -0.497 e. The molecular weight excluding hydrogens is 316 g/mol. The molecule has 128 valence electrons. The van der Waals surface area contributed by atoms with Crippen molar-refractivity contribution in [2.45, 2.75) is 48.6 Å². The van der Waals surface area contributed by atoms with Crippen LogP contribution in [0.25, 0.3) is 0 Å². The Morgan fingerprint density at radius 2 is 1.74 bits per heavy atom. The molecule has 0 amide bonds. The molecule has 1 spiro atoms. The summed E-state index contributed by atoms with van der Waals surface area (Å²) in [5, 5.41) is 3.52. The van der Waals surface area contributed by atoms with Gasteiger partial charge >= 0.3 is 0 Å². The lowest BCUT2D eigenvalue weighted by Crippen LogP contribution is -2.53. The lowest BCUT2D eigenvalue weighted by atomic mass is 9.91. The van der Waals surface area contributed by atoms with Crippen LogP contribution in [0.15, 0.2) is 23.1 Å². The minimum absolute atomic E-state index is 0.0628. The first-order chi connectivity index (χ1) is 11.0. The molecule has 1 saturated heterocycles. The molecular formula is C16H24N2O4S. The van der Waals surface area contributed by atoms with Gasteiger partial charge in [-0.1, -0.05) is 12.8 Å². The van der Waals surface area contributed by atoms with Gasteiger partial charge in [0, 0.05) is 29.8 Å². The molecule has 6 nitrogen and oxygen atoms in total. The molecule has 3 rings (SSSR count). The predicted octanol–water partition coefficient (Wildman–Crippen LogP) is 1.66. The highest BCUT2D eigenvalue weighted by atomic mass is 32.2. The SMILES string of the molecule is COc1cc(OC)cc(S(=O)(=O)NC2CCNC23CCCC3)c1. The van der Waals surface area contributed by atoms with E-state index >= 15 is 0 Å². The molecule has 2 fully saturated rings. The van der Waals surface area contributed by atoms with Crippen molar-refractivity contribution in [1.29, 1.82) is 0 Å². The smallest absolute Gasteiger partial charge is 0.241 e. The van der Waals surface area contributed by atoms with Crippen molar-refractivity contribution in [3.63, 3.8) is 0 Å². The van der Waals surface area contributed by atoms with Crippen molar-refractivity contribution < 1.29 is 17.9 Å². The highest BCUT2D eigenvalue weighted by molar-refractivity contribution is 7.89. The van der Waals surface area contributed by atoms with Crippen molar-refractivity contribution in [3.05, 3.63) is 18.2 Å². The molecule has 1 unspecified atom stereocenters. The van der Waals surface area contributed by atoms with E-state index in [9.17, 15) is 8.42 Å². The summed E-state index contributed by atoms with van der Waals surface area (Å²) < 4.78 is 38.9. The zero-order chi connectivity index (χ0) is 16.5. The van der Waals surface area contributed by atoms with Crippen LogP contribution >= 0.6 is 0 Å². The quantitative estimate of drug-likeness (QED) is 0.852. The van der Waals surface area contributed by atoms with E-state index in [4.69, 9.17) is 9.47 Å².